The molecule has 0 atom stereocenters. The van der Waals surface area contributed by atoms with Crippen molar-refractivity contribution < 1.29 is 18.7 Å². The van der Waals surface area contributed by atoms with Crippen LogP contribution in [0.2, 0.25) is 0 Å². The lowest BCUT2D eigenvalue weighted by molar-refractivity contribution is -0.139. The van der Waals surface area contributed by atoms with Gasteiger partial charge in [0.15, 0.2) is 18.0 Å². The van der Waals surface area contributed by atoms with Crippen molar-refractivity contribution in [3.63, 3.8) is 0 Å². The molecule has 27 heavy (non-hydrogen) atoms. The highest BCUT2D eigenvalue weighted by Gasteiger charge is 2.16. The Hall–Kier alpha value is -2.60. The lowest BCUT2D eigenvalue weighted by Crippen LogP contribution is -2.16. The molecule has 5 nitrogen and oxygen atoms in total. The number of rotatable bonds is 6. The summed E-state index contributed by atoms with van der Waals surface area (Å²) in [6, 6.07) is 14.8. The molecule has 0 radical (unpaired) electrons. The average Bonchev–Trinajstić information content (AvgIpc) is 3.07. The number of hydrogen-bond donors (Lipinski definition) is 0. The Balaban J connectivity index is 1.49. The van der Waals surface area contributed by atoms with E-state index in [0.717, 1.165) is 22.8 Å². The smallest absolute Gasteiger partial charge is 0.316 e. The van der Waals surface area contributed by atoms with Gasteiger partial charge in [-0.25, -0.2) is 4.98 Å². The van der Waals surface area contributed by atoms with Gasteiger partial charge in [-0.1, -0.05) is 68.9 Å². The second-order valence-electron chi connectivity index (χ2n) is 7.15. The molecule has 0 aliphatic heterocycles. The summed E-state index contributed by atoms with van der Waals surface area (Å²) in [6.07, 6.45) is 0. The Bertz CT molecular complexity index is 921. The number of aromatic nitrogens is 1. The normalized spacial score (nSPS) is 11.5. The van der Waals surface area contributed by atoms with Crippen LogP contribution in [0.4, 0.5) is 0 Å². The van der Waals surface area contributed by atoms with Crippen molar-refractivity contribution in [3.8, 4) is 0 Å². The fourth-order valence-corrected chi connectivity index (χ4v) is 3.10. The first-order valence-electron chi connectivity index (χ1n) is 8.61. The SMILES string of the molecule is CC(C)(C)c1ccc(C(=O)COC(=O)CSc2nc3ccccc3o2)cc1. The van der Waals surface area contributed by atoms with Gasteiger partial charge in [0.1, 0.15) is 11.3 Å². The Morgan fingerprint density at radius 3 is 2.44 bits per heavy atom. The molecule has 1 heterocycles. The van der Waals surface area contributed by atoms with Crippen molar-refractivity contribution in [1.82, 2.24) is 4.98 Å². The minimum Gasteiger partial charge on any atom is -0.457 e. The summed E-state index contributed by atoms with van der Waals surface area (Å²) in [4.78, 5) is 28.4. The maximum Gasteiger partial charge on any atom is 0.316 e. The first-order chi connectivity index (χ1) is 12.8. The number of benzene rings is 2. The molecule has 0 fully saturated rings. The van der Waals surface area contributed by atoms with Gasteiger partial charge in [0.2, 0.25) is 0 Å². The third kappa shape index (κ3) is 4.98. The van der Waals surface area contributed by atoms with Crippen LogP contribution >= 0.6 is 11.8 Å². The van der Waals surface area contributed by atoms with E-state index in [0.29, 0.717) is 16.4 Å². The van der Waals surface area contributed by atoms with E-state index in [2.05, 4.69) is 25.8 Å². The molecular formula is C21H21NO4S. The number of fused-ring (bicyclic) bond motifs is 1. The molecular weight excluding hydrogens is 362 g/mol. The van der Waals surface area contributed by atoms with Crippen LogP contribution in [0.3, 0.4) is 0 Å². The number of thioether (sulfide) groups is 1. The van der Waals surface area contributed by atoms with E-state index in [1.165, 1.54) is 0 Å². The fraction of sp³-hybridized carbons (Fsp3) is 0.286. The minimum atomic E-state index is -0.484. The number of oxazole rings is 1. The summed E-state index contributed by atoms with van der Waals surface area (Å²) < 4.78 is 10.6. The van der Waals surface area contributed by atoms with E-state index in [9.17, 15) is 9.59 Å². The molecule has 3 aromatic rings. The third-order valence-corrected chi connectivity index (χ3v) is 4.83. The first kappa shape index (κ1) is 19.2. The highest BCUT2D eigenvalue weighted by molar-refractivity contribution is 7.99. The maximum absolute atomic E-state index is 12.2. The summed E-state index contributed by atoms with van der Waals surface area (Å²) in [5.74, 6) is -0.680. The van der Waals surface area contributed by atoms with Crippen LogP contribution < -0.4 is 0 Å². The van der Waals surface area contributed by atoms with Crippen LogP contribution in [-0.2, 0) is 14.9 Å². The summed E-state index contributed by atoms with van der Waals surface area (Å²) in [5.41, 5.74) is 3.10. The van der Waals surface area contributed by atoms with Crippen molar-refractivity contribution in [2.75, 3.05) is 12.4 Å². The van der Waals surface area contributed by atoms with Crippen molar-refractivity contribution >= 4 is 34.6 Å². The molecule has 6 heteroatoms. The van der Waals surface area contributed by atoms with Gasteiger partial charge in [-0.15, -0.1) is 0 Å². The van der Waals surface area contributed by atoms with E-state index in [-0.39, 0.29) is 23.6 Å². The molecule has 0 aliphatic carbocycles. The van der Waals surface area contributed by atoms with E-state index in [4.69, 9.17) is 9.15 Å². The summed E-state index contributed by atoms with van der Waals surface area (Å²) in [7, 11) is 0. The molecule has 0 saturated carbocycles. The zero-order valence-electron chi connectivity index (χ0n) is 15.5. The van der Waals surface area contributed by atoms with Crippen LogP contribution in [0.5, 0.6) is 0 Å². The molecule has 140 valence electrons. The Kier molecular flexibility index (Phi) is 5.65. The van der Waals surface area contributed by atoms with Crippen molar-refractivity contribution in [3.05, 3.63) is 59.7 Å². The van der Waals surface area contributed by atoms with Gasteiger partial charge in [-0.05, 0) is 23.1 Å². The largest absolute Gasteiger partial charge is 0.457 e. The van der Waals surface area contributed by atoms with Crippen LogP contribution in [-0.4, -0.2) is 29.1 Å². The van der Waals surface area contributed by atoms with E-state index < -0.39 is 5.97 Å². The zero-order valence-corrected chi connectivity index (χ0v) is 16.3. The molecule has 0 amide bonds. The minimum absolute atomic E-state index is 0.0238. The monoisotopic (exact) mass is 383 g/mol. The number of hydrogen-bond acceptors (Lipinski definition) is 6. The number of ether oxygens (including phenoxy) is 1. The third-order valence-electron chi connectivity index (χ3n) is 4.02. The number of Topliss-reactive ketones (excluding diaryl/α,β-unsaturated/α-hetero) is 1. The fourth-order valence-electron chi connectivity index (χ4n) is 2.46. The molecule has 0 saturated heterocycles. The molecule has 0 unspecified atom stereocenters. The topological polar surface area (TPSA) is 69.4 Å². The van der Waals surface area contributed by atoms with Crippen LogP contribution in [0.25, 0.3) is 11.1 Å². The second kappa shape index (κ2) is 7.96. The zero-order chi connectivity index (χ0) is 19.4. The quantitative estimate of drug-likeness (QED) is 0.351. The van der Waals surface area contributed by atoms with Gasteiger partial charge in [-0.3, -0.25) is 9.59 Å². The highest BCUT2D eigenvalue weighted by atomic mass is 32.2. The number of esters is 1. The molecule has 3 rings (SSSR count). The molecule has 0 bridgehead atoms. The van der Waals surface area contributed by atoms with Crippen molar-refractivity contribution in [2.24, 2.45) is 0 Å². The second-order valence-corrected chi connectivity index (χ2v) is 8.07. The van der Waals surface area contributed by atoms with Gasteiger partial charge in [0.05, 0.1) is 0 Å². The average molecular weight is 383 g/mol. The van der Waals surface area contributed by atoms with Gasteiger partial charge in [0, 0.05) is 5.56 Å². The Morgan fingerprint density at radius 1 is 1.07 bits per heavy atom. The van der Waals surface area contributed by atoms with Crippen molar-refractivity contribution in [1.29, 1.82) is 0 Å². The number of nitrogens with zero attached hydrogens (tertiary/aromatic N) is 1. The van der Waals surface area contributed by atoms with Gasteiger partial charge >= 0.3 is 5.97 Å². The maximum atomic E-state index is 12.2. The van der Waals surface area contributed by atoms with Crippen LogP contribution in [0, 0.1) is 0 Å². The highest BCUT2D eigenvalue weighted by Crippen LogP contribution is 2.24. The molecule has 2 aromatic carbocycles. The number of ketones is 1. The van der Waals surface area contributed by atoms with E-state index in [1.807, 2.05) is 36.4 Å². The summed E-state index contributed by atoms with van der Waals surface area (Å²) in [6.45, 7) is 6.06. The van der Waals surface area contributed by atoms with Crippen LogP contribution in [0.1, 0.15) is 36.7 Å². The standard InChI is InChI=1S/C21H21NO4S/c1-21(2,3)15-10-8-14(9-11-15)17(23)12-25-19(24)13-27-20-22-16-6-4-5-7-18(16)26-20/h4-11H,12-13H2,1-3H3. The van der Waals surface area contributed by atoms with Gasteiger partial charge in [0.25, 0.3) is 5.22 Å². The predicted octanol–water partition coefficient (Wildman–Crippen LogP) is 4.64. The van der Waals surface area contributed by atoms with Crippen molar-refractivity contribution in [2.45, 2.75) is 31.4 Å². The number of carbonyl (C=O) groups excluding carboxylic acids is 2. The summed E-state index contributed by atoms with van der Waals surface area (Å²) in [5, 5.41) is 0.400. The summed E-state index contributed by atoms with van der Waals surface area (Å²) >= 11 is 1.14. The molecule has 0 spiro atoms. The van der Waals surface area contributed by atoms with Gasteiger partial charge < -0.3 is 9.15 Å². The van der Waals surface area contributed by atoms with E-state index >= 15 is 0 Å². The first-order valence-corrected chi connectivity index (χ1v) is 9.59. The Labute approximate surface area is 162 Å². The van der Waals surface area contributed by atoms with E-state index in [1.54, 1.807) is 12.1 Å². The van der Waals surface area contributed by atoms with Crippen LogP contribution in [0.15, 0.2) is 58.2 Å². The predicted molar refractivity (Wildman–Crippen MR) is 105 cm³/mol. The van der Waals surface area contributed by atoms with Gasteiger partial charge in [-0.2, -0.15) is 0 Å². The molecule has 0 N–H and O–H groups in total. The molecule has 1 aromatic heterocycles. The molecule has 0 aliphatic rings. The lowest BCUT2D eigenvalue weighted by Gasteiger charge is -2.18. The lowest BCUT2D eigenvalue weighted by atomic mass is 9.86. The Morgan fingerprint density at radius 2 is 1.78 bits per heavy atom. The number of carbonyl (C=O) groups is 2. The number of para-hydroxylation sites is 2.